The van der Waals surface area contributed by atoms with Crippen LogP contribution in [0.25, 0.3) is 11.3 Å². The van der Waals surface area contributed by atoms with Gasteiger partial charge < -0.3 is 10.2 Å². The smallest absolute Gasteiger partial charge is 0.211 e. The molecule has 2 N–H and O–H groups in total. The highest BCUT2D eigenvalue weighted by molar-refractivity contribution is 6.33. The first-order chi connectivity index (χ1) is 7.58. The van der Waals surface area contributed by atoms with Gasteiger partial charge in [-0.15, -0.1) is 0 Å². The van der Waals surface area contributed by atoms with Gasteiger partial charge in [0.2, 0.25) is 5.89 Å². The number of aromatic nitrogens is 1. The fourth-order valence-electron chi connectivity index (χ4n) is 1.44. The summed E-state index contributed by atoms with van der Waals surface area (Å²) in [6.45, 7) is 3.82. The number of benzene rings is 1. The maximum Gasteiger partial charge on any atom is 0.211 e. The lowest BCUT2D eigenvalue weighted by Crippen LogP contribution is -2.04. The van der Waals surface area contributed by atoms with Crippen molar-refractivity contribution < 1.29 is 4.42 Å². The zero-order valence-electron chi connectivity index (χ0n) is 9.20. The van der Waals surface area contributed by atoms with Crippen LogP contribution in [0.5, 0.6) is 0 Å². The third-order valence-corrected chi connectivity index (χ3v) is 2.62. The summed E-state index contributed by atoms with van der Waals surface area (Å²) in [5, 5.41) is 0.660. The van der Waals surface area contributed by atoms with E-state index in [-0.39, 0.29) is 6.04 Å². The van der Waals surface area contributed by atoms with Crippen molar-refractivity contribution in [1.29, 1.82) is 0 Å². The Morgan fingerprint density at radius 1 is 1.44 bits per heavy atom. The molecule has 1 aromatic carbocycles. The standard InChI is InChI=1S/C12H13ClN2O/c1-7-3-4-9(10(13)5-7)11-6-15-12(16-11)8(2)14/h3-6,8H,14H2,1-2H3. The van der Waals surface area contributed by atoms with Gasteiger partial charge in [0.15, 0.2) is 5.76 Å². The number of halogens is 1. The van der Waals surface area contributed by atoms with Crippen LogP contribution in [0, 0.1) is 6.92 Å². The Bertz CT molecular complexity index is 505. The largest absolute Gasteiger partial charge is 0.439 e. The van der Waals surface area contributed by atoms with Crippen LogP contribution >= 0.6 is 11.6 Å². The van der Waals surface area contributed by atoms with Crippen LogP contribution in [-0.4, -0.2) is 4.98 Å². The lowest BCUT2D eigenvalue weighted by molar-refractivity contribution is 0.474. The van der Waals surface area contributed by atoms with E-state index in [1.165, 1.54) is 0 Å². The number of hydrogen-bond donors (Lipinski definition) is 1. The summed E-state index contributed by atoms with van der Waals surface area (Å²) < 4.78 is 5.53. The Labute approximate surface area is 99.2 Å². The van der Waals surface area contributed by atoms with Crippen LogP contribution in [0.1, 0.15) is 24.4 Å². The summed E-state index contributed by atoms with van der Waals surface area (Å²) >= 11 is 6.13. The van der Waals surface area contributed by atoms with E-state index in [0.717, 1.165) is 11.1 Å². The van der Waals surface area contributed by atoms with Crippen molar-refractivity contribution in [2.75, 3.05) is 0 Å². The minimum Gasteiger partial charge on any atom is -0.439 e. The summed E-state index contributed by atoms with van der Waals surface area (Å²) in [6.07, 6.45) is 1.65. The molecule has 84 valence electrons. The Balaban J connectivity index is 2.42. The topological polar surface area (TPSA) is 52.0 Å². The summed E-state index contributed by atoms with van der Waals surface area (Å²) in [7, 11) is 0. The molecule has 4 heteroatoms. The van der Waals surface area contributed by atoms with E-state index in [2.05, 4.69) is 4.98 Å². The molecule has 0 amide bonds. The van der Waals surface area contributed by atoms with E-state index >= 15 is 0 Å². The number of oxazole rings is 1. The molecule has 2 aromatic rings. The normalized spacial score (nSPS) is 12.8. The molecule has 0 aliphatic carbocycles. The summed E-state index contributed by atoms with van der Waals surface area (Å²) in [6, 6.07) is 5.58. The molecule has 0 radical (unpaired) electrons. The number of rotatable bonds is 2. The predicted molar refractivity (Wildman–Crippen MR) is 64.3 cm³/mol. The molecular weight excluding hydrogens is 224 g/mol. The van der Waals surface area contributed by atoms with Gasteiger partial charge in [0.25, 0.3) is 0 Å². The molecule has 0 saturated heterocycles. The van der Waals surface area contributed by atoms with Gasteiger partial charge >= 0.3 is 0 Å². The maximum atomic E-state index is 6.13. The third-order valence-electron chi connectivity index (χ3n) is 2.30. The highest BCUT2D eigenvalue weighted by atomic mass is 35.5. The van der Waals surface area contributed by atoms with Crippen molar-refractivity contribution in [3.05, 3.63) is 40.9 Å². The fraction of sp³-hybridized carbons (Fsp3) is 0.250. The Hall–Kier alpha value is -1.32. The number of hydrogen-bond acceptors (Lipinski definition) is 3. The fourth-order valence-corrected chi connectivity index (χ4v) is 1.77. The molecule has 0 aliphatic rings. The quantitative estimate of drug-likeness (QED) is 0.870. The van der Waals surface area contributed by atoms with Gasteiger partial charge in [-0.1, -0.05) is 17.7 Å². The van der Waals surface area contributed by atoms with Gasteiger partial charge in [-0.2, -0.15) is 0 Å². The van der Waals surface area contributed by atoms with Gasteiger partial charge in [0, 0.05) is 5.56 Å². The second-order valence-electron chi connectivity index (χ2n) is 3.83. The van der Waals surface area contributed by atoms with E-state index in [1.807, 2.05) is 32.0 Å². The monoisotopic (exact) mass is 236 g/mol. The van der Waals surface area contributed by atoms with Crippen LogP contribution in [0.15, 0.2) is 28.8 Å². The van der Waals surface area contributed by atoms with Gasteiger partial charge in [-0.05, 0) is 31.5 Å². The molecule has 2 rings (SSSR count). The van der Waals surface area contributed by atoms with Crippen molar-refractivity contribution in [3.63, 3.8) is 0 Å². The Morgan fingerprint density at radius 2 is 2.19 bits per heavy atom. The van der Waals surface area contributed by atoms with Crippen molar-refractivity contribution in [2.24, 2.45) is 5.73 Å². The highest BCUT2D eigenvalue weighted by Gasteiger charge is 2.11. The first-order valence-electron chi connectivity index (χ1n) is 5.06. The van der Waals surface area contributed by atoms with E-state index in [1.54, 1.807) is 6.20 Å². The molecule has 0 fully saturated rings. The Kier molecular flexibility index (Phi) is 2.99. The maximum absolute atomic E-state index is 6.13. The minimum atomic E-state index is -0.210. The SMILES string of the molecule is Cc1ccc(-c2cnc(C(C)N)o2)c(Cl)c1. The molecule has 0 bridgehead atoms. The molecule has 0 spiro atoms. The average molecular weight is 237 g/mol. The zero-order valence-corrected chi connectivity index (χ0v) is 9.95. The van der Waals surface area contributed by atoms with Crippen LogP contribution in [0.2, 0.25) is 5.02 Å². The predicted octanol–water partition coefficient (Wildman–Crippen LogP) is 3.32. The van der Waals surface area contributed by atoms with Gasteiger partial charge in [0.05, 0.1) is 17.3 Å². The van der Waals surface area contributed by atoms with E-state index in [0.29, 0.717) is 16.7 Å². The minimum absolute atomic E-state index is 0.210. The summed E-state index contributed by atoms with van der Waals surface area (Å²) in [5.74, 6) is 1.17. The third kappa shape index (κ3) is 2.10. The molecule has 16 heavy (non-hydrogen) atoms. The molecule has 3 nitrogen and oxygen atoms in total. The van der Waals surface area contributed by atoms with Gasteiger partial charge in [-0.25, -0.2) is 4.98 Å². The molecule has 0 aliphatic heterocycles. The molecule has 1 aromatic heterocycles. The van der Waals surface area contributed by atoms with Crippen molar-refractivity contribution in [1.82, 2.24) is 4.98 Å². The van der Waals surface area contributed by atoms with Crippen LogP contribution in [-0.2, 0) is 0 Å². The van der Waals surface area contributed by atoms with Gasteiger partial charge in [0.1, 0.15) is 0 Å². The van der Waals surface area contributed by atoms with Crippen LogP contribution in [0.3, 0.4) is 0 Å². The summed E-state index contributed by atoms with van der Waals surface area (Å²) in [5.41, 5.74) is 7.63. The molecule has 0 saturated carbocycles. The van der Waals surface area contributed by atoms with Gasteiger partial charge in [-0.3, -0.25) is 0 Å². The van der Waals surface area contributed by atoms with Crippen LogP contribution < -0.4 is 5.73 Å². The second-order valence-corrected chi connectivity index (χ2v) is 4.24. The zero-order chi connectivity index (χ0) is 11.7. The van der Waals surface area contributed by atoms with E-state index < -0.39 is 0 Å². The lowest BCUT2D eigenvalue weighted by atomic mass is 10.1. The molecule has 1 unspecified atom stereocenters. The van der Waals surface area contributed by atoms with E-state index in [4.69, 9.17) is 21.8 Å². The Morgan fingerprint density at radius 3 is 2.75 bits per heavy atom. The molecule has 1 atom stereocenters. The average Bonchev–Trinajstić information content (AvgIpc) is 2.66. The summed E-state index contributed by atoms with van der Waals surface area (Å²) in [4.78, 5) is 4.11. The first-order valence-corrected chi connectivity index (χ1v) is 5.43. The van der Waals surface area contributed by atoms with Crippen molar-refractivity contribution >= 4 is 11.6 Å². The number of nitrogens with two attached hydrogens (primary N) is 1. The van der Waals surface area contributed by atoms with E-state index in [9.17, 15) is 0 Å². The molecule has 1 heterocycles. The number of aryl methyl sites for hydroxylation is 1. The van der Waals surface area contributed by atoms with Crippen LogP contribution in [0.4, 0.5) is 0 Å². The number of nitrogens with zero attached hydrogens (tertiary/aromatic N) is 1. The highest BCUT2D eigenvalue weighted by Crippen LogP contribution is 2.29. The lowest BCUT2D eigenvalue weighted by Gasteiger charge is -2.02. The van der Waals surface area contributed by atoms with Crippen molar-refractivity contribution in [3.8, 4) is 11.3 Å². The second kappa shape index (κ2) is 4.28. The molecular formula is C12H13ClN2O. The first kappa shape index (κ1) is 11.2. The van der Waals surface area contributed by atoms with Crippen molar-refractivity contribution in [2.45, 2.75) is 19.9 Å².